The molecule has 1 rings (SSSR count). The van der Waals surface area contributed by atoms with E-state index in [1.165, 1.54) is 13.2 Å². The minimum absolute atomic E-state index is 0.173. The molecule has 76 valence electrons. The number of hydrogen-bond acceptors (Lipinski definition) is 4. The Bertz CT molecular complexity index is 333. The molecular formula is C10H11O4-. The van der Waals surface area contributed by atoms with Crippen LogP contribution in [0.2, 0.25) is 0 Å². The second-order valence-electron chi connectivity index (χ2n) is 2.65. The molecule has 0 spiro atoms. The Labute approximate surface area is 82.1 Å². The summed E-state index contributed by atoms with van der Waals surface area (Å²) in [6.07, 6.45) is -0.843. The molecule has 0 aromatic heterocycles. The van der Waals surface area contributed by atoms with Crippen LogP contribution in [0.5, 0.6) is 11.5 Å². The number of methoxy groups -OCH3 is 1. The van der Waals surface area contributed by atoms with Gasteiger partial charge in [-0.05, 0) is 18.1 Å². The average molecular weight is 195 g/mol. The first-order valence-corrected chi connectivity index (χ1v) is 4.23. The van der Waals surface area contributed by atoms with Crippen molar-refractivity contribution in [3.8, 4) is 11.5 Å². The maximum Gasteiger partial charge on any atom is 0.257 e. The second kappa shape index (κ2) is 4.50. The van der Waals surface area contributed by atoms with Crippen LogP contribution in [0, 0.1) is 0 Å². The lowest BCUT2D eigenvalue weighted by Crippen LogP contribution is -2.26. The largest absolute Gasteiger partial charge is 0.510 e. The quantitative estimate of drug-likeness (QED) is 0.533. The predicted molar refractivity (Wildman–Crippen MR) is 48.4 cm³/mol. The third-order valence-electron chi connectivity index (χ3n) is 1.84. The standard InChI is InChI=1S/C10H12O4/c1-3-7-5-4-6-8(9(7)13-2)14-10(11)12/h4-6H,3H2,1-2H3,(H,11,12)/p-1. The molecule has 0 radical (unpaired) electrons. The number of carbonyl (C=O) groups excluding carboxylic acids is 1. The van der Waals surface area contributed by atoms with Crippen molar-refractivity contribution in [2.75, 3.05) is 7.11 Å². The van der Waals surface area contributed by atoms with Crippen molar-refractivity contribution < 1.29 is 19.4 Å². The number of ether oxygens (including phenoxy) is 2. The number of benzene rings is 1. The van der Waals surface area contributed by atoms with Crippen molar-refractivity contribution in [3.63, 3.8) is 0 Å². The fourth-order valence-electron chi connectivity index (χ4n) is 1.24. The molecule has 0 aliphatic carbocycles. The molecule has 0 fully saturated rings. The van der Waals surface area contributed by atoms with E-state index in [1.54, 1.807) is 6.07 Å². The first-order valence-electron chi connectivity index (χ1n) is 4.23. The van der Waals surface area contributed by atoms with Gasteiger partial charge in [0.25, 0.3) is 6.16 Å². The van der Waals surface area contributed by atoms with Gasteiger partial charge in [-0.3, -0.25) is 0 Å². The van der Waals surface area contributed by atoms with Gasteiger partial charge >= 0.3 is 0 Å². The molecule has 14 heavy (non-hydrogen) atoms. The van der Waals surface area contributed by atoms with Crippen LogP contribution in [0.15, 0.2) is 18.2 Å². The molecule has 1 aromatic rings. The molecule has 4 heteroatoms. The summed E-state index contributed by atoms with van der Waals surface area (Å²) in [6, 6.07) is 5.08. The molecule has 1 aromatic carbocycles. The van der Waals surface area contributed by atoms with Crippen LogP contribution in [0.1, 0.15) is 12.5 Å². The maximum absolute atomic E-state index is 10.2. The van der Waals surface area contributed by atoms with Crippen LogP contribution in [0.4, 0.5) is 4.79 Å². The van der Waals surface area contributed by atoms with E-state index in [-0.39, 0.29) is 5.75 Å². The van der Waals surface area contributed by atoms with Gasteiger partial charge in [0.1, 0.15) is 5.75 Å². The number of aryl methyl sites for hydroxylation is 1. The zero-order valence-electron chi connectivity index (χ0n) is 8.07. The van der Waals surface area contributed by atoms with E-state index >= 15 is 0 Å². The van der Waals surface area contributed by atoms with Gasteiger partial charge < -0.3 is 19.4 Å². The van der Waals surface area contributed by atoms with E-state index in [9.17, 15) is 9.90 Å². The summed E-state index contributed by atoms with van der Waals surface area (Å²) in [6.45, 7) is 1.95. The van der Waals surface area contributed by atoms with E-state index < -0.39 is 6.16 Å². The van der Waals surface area contributed by atoms with E-state index in [0.29, 0.717) is 5.75 Å². The maximum atomic E-state index is 10.2. The zero-order valence-corrected chi connectivity index (χ0v) is 8.07. The lowest BCUT2D eigenvalue weighted by atomic mass is 10.1. The highest BCUT2D eigenvalue weighted by Gasteiger charge is 2.06. The molecule has 0 aliphatic rings. The van der Waals surface area contributed by atoms with Gasteiger partial charge in [0.2, 0.25) is 0 Å². The smallest absolute Gasteiger partial charge is 0.257 e. The van der Waals surface area contributed by atoms with Crippen LogP contribution >= 0.6 is 0 Å². The van der Waals surface area contributed by atoms with E-state index in [4.69, 9.17) is 4.74 Å². The first-order chi connectivity index (χ1) is 6.69. The van der Waals surface area contributed by atoms with Crippen LogP contribution in [0.3, 0.4) is 0 Å². The fraction of sp³-hybridized carbons (Fsp3) is 0.300. The molecule has 0 bridgehead atoms. The summed E-state index contributed by atoms with van der Waals surface area (Å²) in [7, 11) is 1.47. The van der Waals surface area contributed by atoms with Gasteiger partial charge in [-0.1, -0.05) is 19.1 Å². The van der Waals surface area contributed by atoms with Crippen molar-refractivity contribution in [2.45, 2.75) is 13.3 Å². The van der Waals surface area contributed by atoms with E-state index in [2.05, 4.69) is 4.74 Å². The van der Waals surface area contributed by atoms with Gasteiger partial charge in [0.15, 0.2) is 0 Å². The molecule has 0 unspecified atom stereocenters. The molecule has 0 aliphatic heterocycles. The number of rotatable bonds is 3. The van der Waals surface area contributed by atoms with Gasteiger partial charge in [-0.25, -0.2) is 0 Å². The monoisotopic (exact) mass is 195 g/mol. The molecule has 0 saturated carbocycles. The molecular weight excluding hydrogens is 184 g/mol. The zero-order chi connectivity index (χ0) is 10.6. The SMILES string of the molecule is CCc1cccc(OC(=O)[O-])c1OC. The summed E-state index contributed by atoms with van der Waals surface area (Å²) in [5, 5.41) is 10.2. The molecule has 0 N–H and O–H groups in total. The average Bonchev–Trinajstić information content (AvgIpc) is 2.16. The summed E-state index contributed by atoms with van der Waals surface area (Å²) >= 11 is 0. The molecule has 0 atom stereocenters. The lowest BCUT2D eigenvalue weighted by molar-refractivity contribution is -0.271. The van der Waals surface area contributed by atoms with Crippen molar-refractivity contribution in [2.24, 2.45) is 0 Å². The highest BCUT2D eigenvalue weighted by Crippen LogP contribution is 2.31. The van der Waals surface area contributed by atoms with Crippen LogP contribution < -0.4 is 14.6 Å². The summed E-state index contributed by atoms with van der Waals surface area (Å²) < 4.78 is 9.51. The minimum Gasteiger partial charge on any atom is -0.510 e. The lowest BCUT2D eigenvalue weighted by Gasteiger charge is -2.15. The Kier molecular flexibility index (Phi) is 3.34. The Morgan fingerprint density at radius 2 is 2.21 bits per heavy atom. The van der Waals surface area contributed by atoms with Crippen molar-refractivity contribution >= 4 is 6.16 Å². The van der Waals surface area contributed by atoms with Gasteiger partial charge in [-0.15, -0.1) is 0 Å². The summed E-state index contributed by atoms with van der Waals surface area (Å²) in [5.74, 6) is 0.617. The molecule has 0 amide bonds. The van der Waals surface area contributed by atoms with Crippen LogP contribution in [-0.4, -0.2) is 13.3 Å². The summed E-state index contributed by atoms with van der Waals surface area (Å²) in [5.41, 5.74) is 0.895. The van der Waals surface area contributed by atoms with E-state index in [0.717, 1.165) is 12.0 Å². The third-order valence-corrected chi connectivity index (χ3v) is 1.84. The Morgan fingerprint density at radius 1 is 1.50 bits per heavy atom. The Hall–Kier alpha value is -1.71. The highest BCUT2D eigenvalue weighted by atomic mass is 16.7. The number of carboxylic acid groups (broad SMARTS) is 1. The normalized spacial score (nSPS) is 9.57. The second-order valence-corrected chi connectivity index (χ2v) is 2.65. The third kappa shape index (κ3) is 2.16. The van der Waals surface area contributed by atoms with Crippen molar-refractivity contribution in [3.05, 3.63) is 23.8 Å². The molecule has 0 heterocycles. The van der Waals surface area contributed by atoms with Crippen LogP contribution in [-0.2, 0) is 6.42 Å². The minimum atomic E-state index is -1.59. The predicted octanol–water partition coefficient (Wildman–Crippen LogP) is 0.980. The van der Waals surface area contributed by atoms with E-state index in [1.807, 2.05) is 13.0 Å². The van der Waals surface area contributed by atoms with Gasteiger partial charge in [-0.2, -0.15) is 0 Å². The number of para-hydroxylation sites is 1. The summed E-state index contributed by atoms with van der Waals surface area (Å²) in [4.78, 5) is 10.2. The molecule has 4 nitrogen and oxygen atoms in total. The number of carbonyl (C=O) groups is 1. The molecule has 0 saturated heterocycles. The van der Waals surface area contributed by atoms with Crippen LogP contribution in [0.25, 0.3) is 0 Å². The Morgan fingerprint density at radius 3 is 2.71 bits per heavy atom. The van der Waals surface area contributed by atoms with Crippen molar-refractivity contribution in [1.29, 1.82) is 0 Å². The fourth-order valence-corrected chi connectivity index (χ4v) is 1.24. The topological polar surface area (TPSA) is 58.6 Å². The number of hydrogen-bond donors (Lipinski definition) is 0. The van der Waals surface area contributed by atoms with Crippen molar-refractivity contribution in [1.82, 2.24) is 0 Å². The first kappa shape index (κ1) is 10.4. The highest BCUT2D eigenvalue weighted by molar-refractivity contribution is 5.62. The van der Waals surface area contributed by atoms with Gasteiger partial charge in [0, 0.05) is 0 Å². The van der Waals surface area contributed by atoms with Gasteiger partial charge in [0.05, 0.1) is 12.9 Å². The Balaban J connectivity index is 3.08.